The SMILES string of the molecule is Cc1nn(C)c(C)c1CCC(=O)NCc1ccccc1-n1cncn1. The zero-order valence-corrected chi connectivity index (χ0v) is 14.7. The van der Waals surface area contributed by atoms with E-state index in [1.165, 1.54) is 6.33 Å². The summed E-state index contributed by atoms with van der Waals surface area (Å²) in [6.07, 6.45) is 4.28. The number of nitrogens with one attached hydrogen (secondary N) is 1. The fourth-order valence-corrected chi connectivity index (χ4v) is 2.92. The molecule has 3 rings (SSSR count). The van der Waals surface area contributed by atoms with Crippen LogP contribution in [-0.4, -0.2) is 30.5 Å². The van der Waals surface area contributed by atoms with Crippen molar-refractivity contribution in [2.45, 2.75) is 33.2 Å². The summed E-state index contributed by atoms with van der Waals surface area (Å²) in [5.41, 5.74) is 5.17. The summed E-state index contributed by atoms with van der Waals surface area (Å²) < 4.78 is 3.56. The minimum absolute atomic E-state index is 0.0241. The highest BCUT2D eigenvalue weighted by atomic mass is 16.1. The van der Waals surface area contributed by atoms with Crippen molar-refractivity contribution < 1.29 is 4.79 Å². The number of hydrogen-bond donors (Lipinski definition) is 1. The summed E-state index contributed by atoms with van der Waals surface area (Å²) in [4.78, 5) is 16.2. The van der Waals surface area contributed by atoms with Crippen LogP contribution in [0.1, 0.15) is 28.9 Å². The second-order valence-electron chi connectivity index (χ2n) is 6.02. The first-order valence-corrected chi connectivity index (χ1v) is 8.25. The molecule has 2 heterocycles. The minimum Gasteiger partial charge on any atom is -0.352 e. The predicted molar refractivity (Wildman–Crippen MR) is 94.2 cm³/mol. The molecule has 0 saturated heterocycles. The highest BCUT2D eigenvalue weighted by molar-refractivity contribution is 5.76. The number of hydrogen-bond acceptors (Lipinski definition) is 4. The van der Waals surface area contributed by atoms with Crippen molar-refractivity contribution in [3.05, 3.63) is 59.4 Å². The van der Waals surface area contributed by atoms with E-state index >= 15 is 0 Å². The number of para-hydroxylation sites is 1. The Hall–Kier alpha value is -2.96. The lowest BCUT2D eigenvalue weighted by atomic mass is 10.1. The van der Waals surface area contributed by atoms with Gasteiger partial charge < -0.3 is 5.32 Å². The molecule has 7 heteroatoms. The van der Waals surface area contributed by atoms with Gasteiger partial charge in [0.05, 0.1) is 11.4 Å². The fraction of sp³-hybridized carbons (Fsp3) is 0.333. The Morgan fingerprint density at radius 2 is 2.04 bits per heavy atom. The van der Waals surface area contributed by atoms with Crippen LogP contribution < -0.4 is 5.32 Å². The third-order valence-corrected chi connectivity index (χ3v) is 4.39. The van der Waals surface area contributed by atoms with Gasteiger partial charge in [0, 0.05) is 25.7 Å². The summed E-state index contributed by atoms with van der Waals surface area (Å²) in [6, 6.07) is 7.83. The number of benzene rings is 1. The van der Waals surface area contributed by atoms with Crippen molar-refractivity contribution >= 4 is 5.91 Å². The van der Waals surface area contributed by atoms with Gasteiger partial charge in [-0.15, -0.1) is 0 Å². The summed E-state index contributed by atoms with van der Waals surface area (Å²) in [6.45, 7) is 4.47. The van der Waals surface area contributed by atoms with Crippen LogP contribution in [-0.2, 0) is 24.8 Å². The monoisotopic (exact) mass is 338 g/mol. The normalized spacial score (nSPS) is 10.8. The summed E-state index contributed by atoms with van der Waals surface area (Å²) >= 11 is 0. The van der Waals surface area contributed by atoms with E-state index < -0.39 is 0 Å². The first-order valence-electron chi connectivity index (χ1n) is 8.25. The van der Waals surface area contributed by atoms with Crippen LogP contribution in [0.5, 0.6) is 0 Å². The zero-order chi connectivity index (χ0) is 17.8. The Labute approximate surface area is 146 Å². The van der Waals surface area contributed by atoms with Crippen molar-refractivity contribution in [3.8, 4) is 5.69 Å². The average Bonchev–Trinajstić information content (AvgIpc) is 3.21. The molecule has 0 spiro atoms. The van der Waals surface area contributed by atoms with Crippen LogP contribution in [0.25, 0.3) is 5.69 Å². The molecular formula is C18H22N6O. The van der Waals surface area contributed by atoms with Crippen LogP contribution in [0.3, 0.4) is 0 Å². The van der Waals surface area contributed by atoms with Gasteiger partial charge in [0.15, 0.2) is 0 Å². The Kier molecular flexibility index (Phi) is 4.92. The Morgan fingerprint density at radius 1 is 1.24 bits per heavy atom. The smallest absolute Gasteiger partial charge is 0.220 e. The van der Waals surface area contributed by atoms with Crippen LogP contribution in [0, 0.1) is 13.8 Å². The number of rotatable bonds is 6. The highest BCUT2D eigenvalue weighted by Crippen LogP contribution is 2.15. The van der Waals surface area contributed by atoms with Crippen LogP contribution in [0.4, 0.5) is 0 Å². The van der Waals surface area contributed by atoms with Gasteiger partial charge >= 0.3 is 0 Å². The maximum Gasteiger partial charge on any atom is 0.220 e. The number of aromatic nitrogens is 5. The van der Waals surface area contributed by atoms with Gasteiger partial charge in [-0.25, -0.2) is 9.67 Å². The first-order chi connectivity index (χ1) is 12.1. The Morgan fingerprint density at radius 3 is 2.72 bits per heavy atom. The van der Waals surface area contributed by atoms with Crippen LogP contribution in [0.2, 0.25) is 0 Å². The fourth-order valence-electron chi connectivity index (χ4n) is 2.92. The van der Waals surface area contributed by atoms with E-state index in [1.54, 1.807) is 11.0 Å². The molecule has 0 unspecified atom stereocenters. The first kappa shape index (κ1) is 16.9. The number of aryl methyl sites for hydroxylation is 2. The van der Waals surface area contributed by atoms with E-state index in [1.807, 2.05) is 49.8 Å². The van der Waals surface area contributed by atoms with Crippen molar-refractivity contribution in [1.29, 1.82) is 0 Å². The molecule has 1 amide bonds. The number of nitrogens with zero attached hydrogens (tertiary/aromatic N) is 5. The molecular weight excluding hydrogens is 316 g/mol. The van der Waals surface area contributed by atoms with Gasteiger partial charge in [0.25, 0.3) is 0 Å². The molecule has 0 saturated carbocycles. The quantitative estimate of drug-likeness (QED) is 0.744. The minimum atomic E-state index is 0.0241. The second kappa shape index (κ2) is 7.29. The second-order valence-corrected chi connectivity index (χ2v) is 6.02. The molecule has 2 aromatic heterocycles. The van der Waals surface area contributed by atoms with E-state index in [2.05, 4.69) is 20.5 Å². The number of carbonyl (C=O) groups is 1. The molecule has 1 aromatic carbocycles. The summed E-state index contributed by atoms with van der Waals surface area (Å²) in [5.74, 6) is 0.0241. The van der Waals surface area contributed by atoms with E-state index in [-0.39, 0.29) is 5.91 Å². The largest absolute Gasteiger partial charge is 0.352 e. The van der Waals surface area contributed by atoms with E-state index in [0.29, 0.717) is 19.4 Å². The Bertz CT molecular complexity index is 866. The van der Waals surface area contributed by atoms with Gasteiger partial charge in [-0.2, -0.15) is 10.2 Å². The van der Waals surface area contributed by atoms with Crippen LogP contribution >= 0.6 is 0 Å². The summed E-state index contributed by atoms with van der Waals surface area (Å²) in [5, 5.41) is 11.5. The lowest BCUT2D eigenvalue weighted by Crippen LogP contribution is -2.24. The van der Waals surface area contributed by atoms with Gasteiger partial charge in [-0.3, -0.25) is 9.48 Å². The zero-order valence-electron chi connectivity index (χ0n) is 14.7. The van der Waals surface area contributed by atoms with Gasteiger partial charge in [0.1, 0.15) is 12.7 Å². The van der Waals surface area contributed by atoms with Crippen molar-refractivity contribution in [2.24, 2.45) is 7.05 Å². The molecule has 0 radical (unpaired) electrons. The maximum atomic E-state index is 12.2. The highest BCUT2D eigenvalue weighted by Gasteiger charge is 2.12. The van der Waals surface area contributed by atoms with E-state index in [9.17, 15) is 4.79 Å². The molecule has 0 aliphatic carbocycles. The Balaban J connectivity index is 1.60. The standard InChI is InChI=1S/C18H22N6O/c1-13-16(14(2)23(3)22-13)8-9-18(25)20-10-15-6-4-5-7-17(15)24-12-19-11-21-24/h4-7,11-12H,8-10H2,1-3H3,(H,20,25). The molecule has 25 heavy (non-hydrogen) atoms. The molecule has 3 aromatic rings. The number of carbonyl (C=O) groups excluding carboxylic acids is 1. The maximum absolute atomic E-state index is 12.2. The van der Waals surface area contributed by atoms with Crippen molar-refractivity contribution in [1.82, 2.24) is 29.9 Å². The number of amides is 1. The molecule has 0 aliphatic heterocycles. The third-order valence-electron chi connectivity index (χ3n) is 4.39. The van der Waals surface area contributed by atoms with Gasteiger partial charge in [0.2, 0.25) is 5.91 Å². The molecule has 1 N–H and O–H groups in total. The molecule has 7 nitrogen and oxygen atoms in total. The van der Waals surface area contributed by atoms with E-state index in [4.69, 9.17) is 0 Å². The average molecular weight is 338 g/mol. The lowest BCUT2D eigenvalue weighted by molar-refractivity contribution is -0.121. The van der Waals surface area contributed by atoms with Gasteiger partial charge in [-0.1, -0.05) is 18.2 Å². The molecule has 0 bridgehead atoms. The van der Waals surface area contributed by atoms with Crippen LogP contribution in [0.15, 0.2) is 36.9 Å². The molecule has 130 valence electrons. The molecule has 0 aliphatic rings. The van der Waals surface area contributed by atoms with Gasteiger partial charge in [-0.05, 0) is 37.5 Å². The molecule has 0 atom stereocenters. The molecule has 0 fully saturated rings. The predicted octanol–water partition coefficient (Wildman–Crippen LogP) is 1.87. The topological polar surface area (TPSA) is 77.6 Å². The third kappa shape index (κ3) is 3.76. The van der Waals surface area contributed by atoms with Crippen molar-refractivity contribution in [2.75, 3.05) is 0 Å². The lowest BCUT2D eigenvalue weighted by Gasteiger charge is -2.10. The van der Waals surface area contributed by atoms with E-state index in [0.717, 1.165) is 28.2 Å². The summed E-state index contributed by atoms with van der Waals surface area (Å²) in [7, 11) is 1.92. The van der Waals surface area contributed by atoms with Crippen molar-refractivity contribution in [3.63, 3.8) is 0 Å².